The minimum absolute atomic E-state index is 0.734. The van der Waals surface area contributed by atoms with Gasteiger partial charge in [-0.15, -0.1) is 11.3 Å². The number of hydrogen-bond acceptors (Lipinski definition) is 7. The van der Waals surface area contributed by atoms with Gasteiger partial charge in [0, 0.05) is 26.3 Å². The highest BCUT2D eigenvalue weighted by molar-refractivity contribution is 8.00. The molecule has 3 rings (SSSR count). The van der Waals surface area contributed by atoms with E-state index in [0.29, 0.717) is 0 Å². The number of nitrogens with zero attached hydrogens (tertiary/aromatic N) is 4. The molecule has 0 aliphatic rings. The molecule has 0 radical (unpaired) electrons. The Morgan fingerprint density at radius 2 is 2.09 bits per heavy atom. The maximum atomic E-state index is 4.48. The van der Waals surface area contributed by atoms with Gasteiger partial charge >= 0.3 is 0 Å². The summed E-state index contributed by atoms with van der Waals surface area (Å²) >= 11 is 3.26. The fraction of sp³-hybridized carbons (Fsp3) is 0.312. The Labute approximate surface area is 144 Å². The lowest BCUT2D eigenvalue weighted by atomic mass is 10.1. The van der Waals surface area contributed by atoms with Crippen LogP contribution in [0.5, 0.6) is 0 Å². The highest BCUT2D eigenvalue weighted by Gasteiger charge is 2.10. The number of aryl methyl sites for hydroxylation is 1. The molecule has 3 aromatic rings. The first-order valence-electron chi connectivity index (χ1n) is 7.24. The molecule has 7 heteroatoms. The molecule has 0 saturated heterocycles. The number of hydrogen-bond donors (Lipinski definition) is 1. The molecule has 2 aromatic heterocycles. The summed E-state index contributed by atoms with van der Waals surface area (Å²) in [7, 11) is 4.11. The molecular weight excluding hydrogens is 326 g/mol. The standard InChI is InChI=1S/C16H19N5S2/c1-10-7-12(21(2)3)6-5-11(10)8-17-14-13-15(19-9-18-14)20-16(22-4)23-13/h5-7,9H,8H2,1-4H3,(H,17,18,19). The number of thiazole rings is 1. The minimum Gasteiger partial charge on any atom is -0.378 e. The Morgan fingerprint density at radius 1 is 1.26 bits per heavy atom. The average Bonchev–Trinajstić information content (AvgIpc) is 2.97. The van der Waals surface area contributed by atoms with E-state index in [1.807, 2.05) is 6.26 Å². The van der Waals surface area contributed by atoms with Gasteiger partial charge < -0.3 is 10.2 Å². The zero-order valence-electron chi connectivity index (χ0n) is 13.6. The average molecular weight is 345 g/mol. The fourth-order valence-electron chi connectivity index (χ4n) is 2.28. The number of benzene rings is 1. The number of aromatic nitrogens is 3. The molecule has 0 fully saturated rings. The van der Waals surface area contributed by atoms with Crippen molar-refractivity contribution in [1.82, 2.24) is 15.0 Å². The maximum absolute atomic E-state index is 4.48. The van der Waals surface area contributed by atoms with E-state index in [0.717, 1.165) is 27.0 Å². The summed E-state index contributed by atoms with van der Waals surface area (Å²) in [6.07, 6.45) is 3.59. The number of thioether (sulfide) groups is 1. The quantitative estimate of drug-likeness (QED) is 0.710. The molecule has 0 unspecified atom stereocenters. The van der Waals surface area contributed by atoms with E-state index >= 15 is 0 Å². The topological polar surface area (TPSA) is 53.9 Å². The number of rotatable bonds is 5. The van der Waals surface area contributed by atoms with Crippen LogP contribution >= 0.6 is 23.1 Å². The van der Waals surface area contributed by atoms with Gasteiger partial charge in [-0.25, -0.2) is 15.0 Å². The zero-order chi connectivity index (χ0) is 16.4. The number of fused-ring (bicyclic) bond motifs is 1. The van der Waals surface area contributed by atoms with Crippen molar-refractivity contribution in [2.45, 2.75) is 17.8 Å². The molecule has 2 heterocycles. The molecule has 0 bridgehead atoms. The lowest BCUT2D eigenvalue weighted by Crippen LogP contribution is -2.10. The summed E-state index contributed by atoms with van der Waals surface area (Å²) in [6, 6.07) is 6.50. The Bertz CT molecular complexity index is 828. The van der Waals surface area contributed by atoms with Crippen LogP contribution in [0.3, 0.4) is 0 Å². The van der Waals surface area contributed by atoms with Crippen molar-refractivity contribution in [3.8, 4) is 0 Å². The van der Waals surface area contributed by atoms with E-state index in [1.165, 1.54) is 16.8 Å². The highest BCUT2D eigenvalue weighted by atomic mass is 32.2. The summed E-state index contributed by atoms with van der Waals surface area (Å²) in [4.78, 5) is 15.2. The van der Waals surface area contributed by atoms with Crippen molar-refractivity contribution in [1.29, 1.82) is 0 Å². The summed E-state index contributed by atoms with van der Waals surface area (Å²) in [5.41, 5.74) is 4.50. The molecule has 0 aliphatic heterocycles. The molecule has 1 N–H and O–H groups in total. The van der Waals surface area contributed by atoms with Gasteiger partial charge in [0.25, 0.3) is 0 Å². The molecule has 0 amide bonds. The smallest absolute Gasteiger partial charge is 0.176 e. The molecule has 120 valence electrons. The van der Waals surface area contributed by atoms with E-state index in [9.17, 15) is 0 Å². The first kappa shape index (κ1) is 16.0. The summed E-state index contributed by atoms with van der Waals surface area (Å²) < 4.78 is 2.02. The van der Waals surface area contributed by atoms with Gasteiger partial charge in [0.2, 0.25) is 0 Å². The number of nitrogens with one attached hydrogen (secondary N) is 1. The third kappa shape index (κ3) is 3.40. The fourth-order valence-corrected chi connectivity index (χ4v) is 3.76. The van der Waals surface area contributed by atoms with Gasteiger partial charge in [-0.3, -0.25) is 0 Å². The lowest BCUT2D eigenvalue weighted by molar-refractivity contribution is 1.07. The third-order valence-electron chi connectivity index (χ3n) is 3.64. The Kier molecular flexibility index (Phi) is 4.68. The molecule has 0 aliphatic carbocycles. The highest BCUT2D eigenvalue weighted by Crippen LogP contribution is 2.31. The van der Waals surface area contributed by atoms with Gasteiger partial charge in [-0.1, -0.05) is 17.8 Å². The van der Waals surface area contributed by atoms with Crippen LogP contribution in [0.2, 0.25) is 0 Å². The van der Waals surface area contributed by atoms with Crippen molar-refractivity contribution in [3.63, 3.8) is 0 Å². The second-order valence-corrected chi connectivity index (χ2v) is 7.47. The van der Waals surface area contributed by atoms with E-state index < -0.39 is 0 Å². The van der Waals surface area contributed by atoms with Gasteiger partial charge in [0.05, 0.1) is 0 Å². The molecule has 0 spiro atoms. The van der Waals surface area contributed by atoms with Crippen molar-refractivity contribution < 1.29 is 0 Å². The van der Waals surface area contributed by atoms with E-state index in [-0.39, 0.29) is 0 Å². The molecule has 0 atom stereocenters. The van der Waals surface area contributed by atoms with Gasteiger partial charge in [-0.05, 0) is 36.4 Å². The largest absolute Gasteiger partial charge is 0.378 e. The van der Waals surface area contributed by atoms with Crippen molar-refractivity contribution in [3.05, 3.63) is 35.7 Å². The second kappa shape index (κ2) is 6.72. The second-order valence-electron chi connectivity index (χ2n) is 5.42. The van der Waals surface area contributed by atoms with Crippen molar-refractivity contribution >= 4 is 45.0 Å². The predicted octanol–water partition coefficient (Wildman–Crippen LogP) is 3.79. The third-order valence-corrected chi connectivity index (χ3v) is 5.67. The molecule has 0 saturated carbocycles. The van der Waals surface area contributed by atoms with Crippen LogP contribution in [0.1, 0.15) is 11.1 Å². The summed E-state index contributed by atoms with van der Waals surface area (Å²) in [5.74, 6) is 0.851. The maximum Gasteiger partial charge on any atom is 0.176 e. The van der Waals surface area contributed by atoms with Crippen LogP contribution in [0, 0.1) is 6.92 Å². The Balaban J connectivity index is 1.82. The SMILES string of the molecule is CSc1nc2ncnc(NCc3ccc(N(C)C)cc3C)c2s1. The molecule has 23 heavy (non-hydrogen) atoms. The zero-order valence-corrected chi connectivity index (χ0v) is 15.3. The predicted molar refractivity (Wildman–Crippen MR) is 99.8 cm³/mol. The normalized spacial score (nSPS) is 11.0. The number of anilines is 2. The van der Waals surface area contributed by atoms with Crippen LogP contribution in [0.15, 0.2) is 28.9 Å². The van der Waals surface area contributed by atoms with Crippen LogP contribution in [-0.2, 0) is 6.54 Å². The summed E-state index contributed by atoms with van der Waals surface area (Å²) in [5, 5.41) is 3.43. The van der Waals surface area contributed by atoms with Crippen molar-refractivity contribution in [2.24, 2.45) is 0 Å². The van der Waals surface area contributed by atoms with Gasteiger partial charge in [-0.2, -0.15) is 0 Å². The molecule has 1 aromatic carbocycles. The minimum atomic E-state index is 0.734. The lowest BCUT2D eigenvalue weighted by Gasteiger charge is -2.15. The van der Waals surface area contributed by atoms with Crippen LogP contribution in [0.4, 0.5) is 11.5 Å². The Morgan fingerprint density at radius 3 is 2.78 bits per heavy atom. The van der Waals surface area contributed by atoms with E-state index in [4.69, 9.17) is 0 Å². The Hall–Kier alpha value is -1.86. The molecular formula is C16H19N5S2. The van der Waals surface area contributed by atoms with Crippen LogP contribution in [-0.4, -0.2) is 35.3 Å². The van der Waals surface area contributed by atoms with Gasteiger partial charge in [0.1, 0.15) is 16.8 Å². The van der Waals surface area contributed by atoms with E-state index in [2.05, 4.69) is 64.4 Å². The van der Waals surface area contributed by atoms with Crippen molar-refractivity contribution in [2.75, 3.05) is 30.6 Å². The molecule has 5 nitrogen and oxygen atoms in total. The van der Waals surface area contributed by atoms with E-state index in [1.54, 1.807) is 29.4 Å². The van der Waals surface area contributed by atoms with Crippen LogP contribution in [0.25, 0.3) is 10.3 Å². The van der Waals surface area contributed by atoms with Gasteiger partial charge in [0.15, 0.2) is 9.99 Å². The first-order valence-corrected chi connectivity index (χ1v) is 9.29. The first-order chi connectivity index (χ1) is 11.1. The van der Waals surface area contributed by atoms with Crippen LogP contribution < -0.4 is 10.2 Å². The monoisotopic (exact) mass is 345 g/mol. The summed E-state index contributed by atoms with van der Waals surface area (Å²) in [6.45, 7) is 2.87.